The standard InChI is InChI=1S/C19H18BrClFN3OS/c1-11(10-26-2)25-27-18-8-13(4-6-15(18)21)19-23-9-17(24-19)12-3-5-14(20)16(22)7-12/h3-9,11,25H,10H2,1-2H3,(H,23,24). The van der Waals surface area contributed by atoms with Crippen LogP contribution in [0.1, 0.15) is 6.92 Å². The Kier molecular flexibility index (Phi) is 6.94. The molecular formula is C19H18BrClFN3OS. The summed E-state index contributed by atoms with van der Waals surface area (Å²) in [6.45, 7) is 2.64. The van der Waals surface area contributed by atoms with E-state index in [9.17, 15) is 4.39 Å². The maximum Gasteiger partial charge on any atom is 0.138 e. The number of imidazole rings is 1. The van der Waals surface area contributed by atoms with Crippen LogP contribution in [0.5, 0.6) is 0 Å². The molecule has 0 aliphatic rings. The van der Waals surface area contributed by atoms with Gasteiger partial charge in [0.2, 0.25) is 0 Å². The third kappa shape index (κ3) is 5.12. The molecule has 0 amide bonds. The number of ether oxygens (including phenoxy) is 1. The van der Waals surface area contributed by atoms with Gasteiger partial charge in [-0.15, -0.1) is 0 Å². The Hall–Kier alpha value is -1.38. The molecule has 2 N–H and O–H groups in total. The van der Waals surface area contributed by atoms with Gasteiger partial charge in [0.05, 0.1) is 28.0 Å². The second-order valence-electron chi connectivity index (χ2n) is 6.00. The average molecular weight is 471 g/mol. The van der Waals surface area contributed by atoms with Crippen LogP contribution in [-0.2, 0) is 4.74 Å². The second kappa shape index (κ2) is 9.21. The van der Waals surface area contributed by atoms with Crippen LogP contribution in [0.4, 0.5) is 4.39 Å². The summed E-state index contributed by atoms with van der Waals surface area (Å²) < 4.78 is 22.6. The van der Waals surface area contributed by atoms with Crippen LogP contribution in [-0.4, -0.2) is 29.7 Å². The number of aromatic nitrogens is 2. The summed E-state index contributed by atoms with van der Waals surface area (Å²) >= 11 is 10.9. The lowest BCUT2D eigenvalue weighted by molar-refractivity contribution is 0.181. The number of aromatic amines is 1. The highest BCUT2D eigenvalue weighted by molar-refractivity contribution is 9.10. The average Bonchev–Trinajstić information content (AvgIpc) is 3.14. The fourth-order valence-electron chi connectivity index (χ4n) is 2.46. The first kappa shape index (κ1) is 20.4. The van der Waals surface area contributed by atoms with E-state index in [0.717, 1.165) is 21.7 Å². The molecule has 0 saturated carbocycles. The fraction of sp³-hybridized carbons (Fsp3) is 0.211. The molecule has 1 aromatic heterocycles. The molecule has 2 aromatic carbocycles. The summed E-state index contributed by atoms with van der Waals surface area (Å²) in [5.74, 6) is 0.377. The lowest BCUT2D eigenvalue weighted by Gasteiger charge is -2.13. The molecule has 0 saturated heterocycles. The molecule has 3 aromatic rings. The van der Waals surface area contributed by atoms with Gasteiger partial charge in [-0.25, -0.2) is 9.37 Å². The van der Waals surface area contributed by atoms with E-state index in [0.29, 0.717) is 21.9 Å². The minimum Gasteiger partial charge on any atom is -0.383 e. The minimum absolute atomic E-state index is 0.183. The number of H-pyrrole nitrogens is 1. The van der Waals surface area contributed by atoms with Crippen LogP contribution in [0.3, 0.4) is 0 Å². The van der Waals surface area contributed by atoms with Crippen molar-refractivity contribution in [3.05, 3.63) is 57.9 Å². The first-order chi connectivity index (χ1) is 13.0. The van der Waals surface area contributed by atoms with E-state index in [1.807, 2.05) is 31.2 Å². The van der Waals surface area contributed by atoms with Gasteiger partial charge < -0.3 is 9.72 Å². The third-order valence-corrected chi connectivity index (χ3v) is 5.96. The van der Waals surface area contributed by atoms with E-state index < -0.39 is 0 Å². The Morgan fingerprint density at radius 2 is 2.07 bits per heavy atom. The van der Waals surface area contributed by atoms with Crippen molar-refractivity contribution >= 4 is 39.5 Å². The molecule has 1 atom stereocenters. The van der Waals surface area contributed by atoms with E-state index in [1.54, 1.807) is 19.4 Å². The predicted molar refractivity (Wildman–Crippen MR) is 112 cm³/mol. The topological polar surface area (TPSA) is 49.9 Å². The highest BCUT2D eigenvalue weighted by Crippen LogP contribution is 2.31. The Balaban J connectivity index is 1.81. The number of nitrogens with one attached hydrogen (secondary N) is 2. The maximum absolute atomic E-state index is 13.8. The van der Waals surface area contributed by atoms with Crippen molar-refractivity contribution in [3.8, 4) is 22.6 Å². The number of hydrogen-bond donors (Lipinski definition) is 2. The minimum atomic E-state index is -0.315. The number of methoxy groups -OCH3 is 1. The smallest absolute Gasteiger partial charge is 0.138 e. The molecule has 4 nitrogen and oxygen atoms in total. The highest BCUT2D eigenvalue weighted by Gasteiger charge is 2.11. The van der Waals surface area contributed by atoms with Gasteiger partial charge in [-0.05, 0) is 65.1 Å². The van der Waals surface area contributed by atoms with Crippen molar-refractivity contribution in [2.75, 3.05) is 13.7 Å². The molecular weight excluding hydrogens is 453 g/mol. The molecule has 0 bridgehead atoms. The Morgan fingerprint density at radius 3 is 2.81 bits per heavy atom. The zero-order chi connectivity index (χ0) is 19.4. The van der Waals surface area contributed by atoms with E-state index in [4.69, 9.17) is 16.3 Å². The number of rotatable bonds is 7. The van der Waals surface area contributed by atoms with Crippen LogP contribution in [0.2, 0.25) is 5.02 Å². The molecule has 0 spiro atoms. The Morgan fingerprint density at radius 1 is 1.30 bits per heavy atom. The van der Waals surface area contributed by atoms with Gasteiger partial charge in [0.1, 0.15) is 11.6 Å². The van der Waals surface area contributed by atoms with E-state index >= 15 is 0 Å². The van der Waals surface area contributed by atoms with Crippen molar-refractivity contribution in [1.82, 2.24) is 14.7 Å². The van der Waals surface area contributed by atoms with Gasteiger partial charge in [0.25, 0.3) is 0 Å². The van der Waals surface area contributed by atoms with Gasteiger partial charge in [-0.3, -0.25) is 4.72 Å². The van der Waals surface area contributed by atoms with Crippen LogP contribution in [0.25, 0.3) is 22.6 Å². The van der Waals surface area contributed by atoms with Crippen molar-refractivity contribution in [1.29, 1.82) is 0 Å². The highest BCUT2D eigenvalue weighted by atomic mass is 79.9. The molecule has 0 aliphatic heterocycles. The summed E-state index contributed by atoms with van der Waals surface area (Å²) in [4.78, 5) is 8.56. The number of hydrogen-bond acceptors (Lipinski definition) is 4. The molecule has 0 aliphatic carbocycles. The first-order valence-corrected chi connectivity index (χ1v) is 10.2. The third-order valence-electron chi connectivity index (χ3n) is 3.80. The second-order valence-corrected chi connectivity index (χ2v) is 8.14. The van der Waals surface area contributed by atoms with Crippen LogP contribution >= 0.6 is 39.5 Å². The van der Waals surface area contributed by atoms with Gasteiger partial charge in [-0.1, -0.05) is 17.7 Å². The van der Waals surface area contributed by atoms with Crippen molar-refractivity contribution in [3.63, 3.8) is 0 Å². The van der Waals surface area contributed by atoms with Gasteiger partial charge in [0, 0.05) is 29.2 Å². The SMILES string of the molecule is COCC(C)NSc1cc(-c2ncc(-c3ccc(Br)c(F)c3)[nH]2)ccc1Cl. The normalized spacial score (nSPS) is 12.3. The molecule has 0 fully saturated rings. The van der Waals surface area contributed by atoms with Crippen LogP contribution < -0.4 is 4.72 Å². The number of benzene rings is 2. The molecule has 1 heterocycles. The van der Waals surface area contributed by atoms with E-state index in [2.05, 4.69) is 30.6 Å². The Bertz CT molecular complexity index is 937. The number of halogens is 3. The van der Waals surface area contributed by atoms with Crippen molar-refractivity contribution in [2.45, 2.75) is 17.9 Å². The van der Waals surface area contributed by atoms with Crippen molar-refractivity contribution in [2.24, 2.45) is 0 Å². The summed E-state index contributed by atoms with van der Waals surface area (Å²) in [6.07, 6.45) is 1.69. The monoisotopic (exact) mass is 469 g/mol. The molecule has 3 rings (SSSR count). The van der Waals surface area contributed by atoms with Gasteiger partial charge >= 0.3 is 0 Å². The van der Waals surface area contributed by atoms with Crippen LogP contribution in [0.15, 0.2) is 52.0 Å². The van der Waals surface area contributed by atoms with Crippen LogP contribution in [0, 0.1) is 5.82 Å². The molecule has 0 radical (unpaired) electrons. The summed E-state index contributed by atoms with van der Waals surface area (Å²) in [6, 6.07) is 10.8. The van der Waals surface area contributed by atoms with Gasteiger partial charge in [-0.2, -0.15) is 0 Å². The van der Waals surface area contributed by atoms with E-state index in [-0.39, 0.29) is 11.9 Å². The lowest BCUT2D eigenvalue weighted by Crippen LogP contribution is -2.24. The molecule has 1 unspecified atom stereocenters. The van der Waals surface area contributed by atoms with E-state index in [1.165, 1.54) is 18.0 Å². The van der Waals surface area contributed by atoms with Gasteiger partial charge in [0.15, 0.2) is 0 Å². The first-order valence-electron chi connectivity index (χ1n) is 8.19. The predicted octanol–water partition coefficient (Wildman–Crippen LogP) is 5.93. The summed E-state index contributed by atoms with van der Waals surface area (Å²) in [5.41, 5.74) is 2.37. The molecule has 27 heavy (non-hydrogen) atoms. The Labute approximate surface area is 175 Å². The zero-order valence-corrected chi connectivity index (χ0v) is 17.9. The fourth-order valence-corrected chi connectivity index (χ4v) is 3.68. The summed E-state index contributed by atoms with van der Waals surface area (Å²) in [5, 5.41) is 0.655. The lowest BCUT2D eigenvalue weighted by atomic mass is 10.2. The molecule has 8 heteroatoms. The maximum atomic E-state index is 13.8. The van der Waals surface area contributed by atoms with Crippen molar-refractivity contribution < 1.29 is 9.13 Å². The summed E-state index contributed by atoms with van der Waals surface area (Å²) in [7, 11) is 1.67. The zero-order valence-electron chi connectivity index (χ0n) is 14.7. The molecule has 142 valence electrons. The largest absolute Gasteiger partial charge is 0.383 e. The quantitative estimate of drug-likeness (QED) is 0.420. The number of nitrogens with zero attached hydrogens (tertiary/aromatic N) is 1.